The molecular formula is C18H17BrClN3O3. The minimum absolute atomic E-state index is 0.115. The van der Waals surface area contributed by atoms with Gasteiger partial charge in [-0.15, -0.1) is 0 Å². The van der Waals surface area contributed by atoms with E-state index >= 15 is 0 Å². The number of benzene rings is 2. The van der Waals surface area contributed by atoms with E-state index in [1.807, 2.05) is 24.3 Å². The fourth-order valence-corrected chi connectivity index (χ4v) is 3.21. The van der Waals surface area contributed by atoms with Crippen LogP contribution in [0.4, 0.5) is 5.69 Å². The Kier molecular flexibility index (Phi) is 5.80. The lowest BCUT2D eigenvalue weighted by atomic mass is 10.2. The van der Waals surface area contributed by atoms with Crippen molar-refractivity contribution < 1.29 is 9.84 Å². The summed E-state index contributed by atoms with van der Waals surface area (Å²) in [6.07, 6.45) is 0.661. The molecule has 0 saturated carbocycles. The third kappa shape index (κ3) is 4.00. The van der Waals surface area contributed by atoms with Crippen molar-refractivity contribution in [2.45, 2.75) is 12.6 Å². The molecule has 3 aromatic rings. The molecule has 0 amide bonds. The molecule has 0 spiro atoms. The highest BCUT2D eigenvalue weighted by Crippen LogP contribution is 2.27. The van der Waals surface area contributed by atoms with Crippen LogP contribution in [0.3, 0.4) is 0 Å². The van der Waals surface area contributed by atoms with Gasteiger partial charge in [-0.05, 0) is 52.3 Å². The molecule has 8 heteroatoms. The Morgan fingerprint density at radius 2 is 2.04 bits per heavy atom. The van der Waals surface area contributed by atoms with Crippen LogP contribution in [-0.2, 0) is 6.54 Å². The summed E-state index contributed by atoms with van der Waals surface area (Å²) in [6, 6.07) is 10.7. The second kappa shape index (κ2) is 8.07. The molecule has 0 aliphatic rings. The van der Waals surface area contributed by atoms with Crippen LogP contribution in [0.2, 0.25) is 5.02 Å². The number of methoxy groups -OCH3 is 1. The van der Waals surface area contributed by atoms with E-state index in [2.05, 4.69) is 26.2 Å². The van der Waals surface area contributed by atoms with Crippen LogP contribution in [0.5, 0.6) is 5.75 Å². The summed E-state index contributed by atoms with van der Waals surface area (Å²) in [4.78, 5) is 16.9. The minimum Gasteiger partial charge on any atom is -0.497 e. The second-order valence-corrected chi connectivity index (χ2v) is 6.92. The van der Waals surface area contributed by atoms with Crippen molar-refractivity contribution in [1.82, 2.24) is 9.55 Å². The highest BCUT2D eigenvalue weighted by Gasteiger charge is 2.13. The van der Waals surface area contributed by atoms with E-state index in [1.54, 1.807) is 19.2 Å². The maximum Gasteiger partial charge on any atom is 0.262 e. The summed E-state index contributed by atoms with van der Waals surface area (Å²) in [6.45, 7) is 0.400. The Morgan fingerprint density at radius 3 is 2.73 bits per heavy atom. The SMILES string of the molecule is COc1ccc(NCC(O)Cn2cnc3ccc(Cl)c(Br)c3c2=O)cc1. The number of nitrogens with one attached hydrogen (secondary N) is 1. The van der Waals surface area contributed by atoms with Crippen LogP contribution in [0.25, 0.3) is 10.9 Å². The van der Waals surface area contributed by atoms with Crippen molar-refractivity contribution in [3.63, 3.8) is 0 Å². The zero-order valence-corrected chi connectivity index (χ0v) is 16.3. The number of ether oxygens (including phenoxy) is 1. The average molecular weight is 439 g/mol. The molecule has 0 fully saturated rings. The zero-order chi connectivity index (χ0) is 18.7. The van der Waals surface area contributed by atoms with E-state index < -0.39 is 6.10 Å². The first-order valence-corrected chi connectivity index (χ1v) is 9.06. The molecule has 1 aromatic heterocycles. The lowest BCUT2D eigenvalue weighted by molar-refractivity contribution is 0.165. The Labute approximate surface area is 163 Å². The number of rotatable bonds is 6. The number of halogens is 2. The highest BCUT2D eigenvalue weighted by atomic mass is 79.9. The van der Waals surface area contributed by atoms with Crippen molar-refractivity contribution >= 4 is 44.1 Å². The molecule has 1 unspecified atom stereocenters. The molecule has 0 aliphatic heterocycles. The first kappa shape index (κ1) is 18.7. The summed E-state index contributed by atoms with van der Waals surface area (Å²) in [5.74, 6) is 0.758. The number of anilines is 1. The molecule has 2 N–H and O–H groups in total. The molecule has 0 bridgehead atoms. The number of aliphatic hydroxyl groups excluding tert-OH is 1. The van der Waals surface area contributed by atoms with Gasteiger partial charge in [0.25, 0.3) is 5.56 Å². The first-order chi connectivity index (χ1) is 12.5. The largest absolute Gasteiger partial charge is 0.497 e. The number of aromatic nitrogens is 2. The fraction of sp³-hybridized carbons (Fsp3) is 0.222. The summed E-state index contributed by atoms with van der Waals surface area (Å²) < 4.78 is 6.99. The van der Waals surface area contributed by atoms with Gasteiger partial charge in [0.15, 0.2) is 0 Å². The Bertz CT molecular complexity index is 976. The quantitative estimate of drug-likeness (QED) is 0.618. The second-order valence-electron chi connectivity index (χ2n) is 5.72. The summed E-state index contributed by atoms with van der Waals surface area (Å²) in [5.41, 5.74) is 1.14. The molecular weight excluding hydrogens is 422 g/mol. The lowest BCUT2D eigenvalue weighted by Crippen LogP contribution is -2.31. The number of aliphatic hydroxyl groups is 1. The smallest absolute Gasteiger partial charge is 0.262 e. The topological polar surface area (TPSA) is 76.4 Å². The van der Waals surface area contributed by atoms with Gasteiger partial charge in [0.05, 0.1) is 46.5 Å². The van der Waals surface area contributed by atoms with Crippen molar-refractivity contribution in [2.75, 3.05) is 19.0 Å². The Balaban J connectivity index is 1.72. The van der Waals surface area contributed by atoms with E-state index in [-0.39, 0.29) is 18.6 Å². The van der Waals surface area contributed by atoms with Gasteiger partial charge in [0.2, 0.25) is 0 Å². The Morgan fingerprint density at radius 1 is 1.31 bits per heavy atom. The summed E-state index contributed by atoms with van der Waals surface area (Å²) in [7, 11) is 1.60. The molecule has 0 aliphatic carbocycles. The van der Waals surface area contributed by atoms with E-state index in [0.29, 0.717) is 20.4 Å². The van der Waals surface area contributed by atoms with Crippen LogP contribution in [0.1, 0.15) is 0 Å². The first-order valence-electron chi connectivity index (χ1n) is 7.88. The van der Waals surface area contributed by atoms with Gasteiger partial charge in [-0.25, -0.2) is 4.98 Å². The van der Waals surface area contributed by atoms with Crippen LogP contribution < -0.4 is 15.6 Å². The highest BCUT2D eigenvalue weighted by molar-refractivity contribution is 9.10. The monoisotopic (exact) mass is 437 g/mol. The zero-order valence-electron chi connectivity index (χ0n) is 13.9. The summed E-state index contributed by atoms with van der Waals surface area (Å²) >= 11 is 9.40. The van der Waals surface area contributed by atoms with Crippen LogP contribution >= 0.6 is 27.5 Å². The predicted octanol–water partition coefficient (Wildman–Crippen LogP) is 3.29. The molecule has 26 heavy (non-hydrogen) atoms. The van der Waals surface area contributed by atoms with Crippen LogP contribution in [-0.4, -0.2) is 34.4 Å². The van der Waals surface area contributed by atoms with Crippen LogP contribution in [0, 0.1) is 0 Å². The van der Waals surface area contributed by atoms with Gasteiger partial charge in [-0.2, -0.15) is 0 Å². The van der Waals surface area contributed by atoms with Crippen molar-refractivity contribution in [3.8, 4) is 5.75 Å². The predicted molar refractivity (Wildman–Crippen MR) is 106 cm³/mol. The van der Waals surface area contributed by atoms with E-state index in [0.717, 1.165) is 11.4 Å². The molecule has 1 heterocycles. The maximum atomic E-state index is 12.7. The van der Waals surface area contributed by atoms with Gasteiger partial charge in [-0.1, -0.05) is 11.6 Å². The van der Waals surface area contributed by atoms with Crippen LogP contribution in [0.15, 0.2) is 52.0 Å². The number of nitrogens with zero attached hydrogens (tertiary/aromatic N) is 2. The lowest BCUT2D eigenvalue weighted by Gasteiger charge is -2.15. The molecule has 0 saturated heterocycles. The maximum absolute atomic E-state index is 12.7. The fourth-order valence-electron chi connectivity index (χ4n) is 2.55. The molecule has 136 valence electrons. The molecule has 0 radical (unpaired) electrons. The molecule has 3 rings (SSSR count). The van der Waals surface area contributed by atoms with E-state index in [4.69, 9.17) is 16.3 Å². The standard InChI is InChI=1S/C18H17BrClN3O3/c1-26-13-4-2-11(3-5-13)21-8-12(24)9-23-10-22-15-7-6-14(20)17(19)16(15)18(23)25/h2-7,10,12,21,24H,8-9H2,1H3. The number of hydrogen-bond acceptors (Lipinski definition) is 5. The van der Waals surface area contributed by atoms with Crippen molar-refractivity contribution in [1.29, 1.82) is 0 Å². The normalized spacial score (nSPS) is 12.2. The van der Waals surface area contributed by atoms with Gasteiger partial charge in [0.1, 0.15) is 5.75 Å². The van der Waals surface area contributed by atoms with Crippen molar-refractivity contribution in [3.05, 3.63) is 62.6 Å². The van der Waals surface area contributed by atoms with Crippen molar-refractivity contribution in [2.24, 2.45) is 0 Å². The van der Waals surface area contributed by atoms with E-state index in [1.165, 1.54) is 10.9 Å². The third-order valence-electron chi connectivity index (χ3n) is 3.92. The molecule has 6 nitrogen and oxygen atoms in total. The Hall–Kier alpha value is -2.09. The van der Waals surface area contributed by atoms with Gasteiger partial charge >= 0.3 is 0 Å². The number of hydrogen-bond donors (Lipinski definition) is 2. The number of fused-ring (bicyclic) bond motifs is 1. The van der Waals surface area contributed by atoms with Gasteiger partial charge in [-0.3, -0.25) is 9.36 Å². The molecule has 2 aromatic carbocycles. The summed E-state index contributed by atoms with van der Waals surface area (Å²) in [5, 5.41) is 14.2. The third-order valence-corrected chi connectivity index (χ3v) is 5.29. The minimum atomic E-state index is -0.771. The van der Waals surface area contributed by atoms with Gasteiger partial charge in [0, 0.05) is 12.2 Å². The average Bonchev–Trinajstić information content (AvgIpc) is 2.65. The molecule has 1 atom stereocenters. The van der Waals surface area contributed by atoms with Gasteiger partial charge < -0.3 is 15.2 Å². The van der Waals surface area contributed by atoms with E-state index in [9.17, 15) is 9.90 Å².